The second-order valence-corrected chi connectivity index (χ2v) is 6.00. The molecule has 1 saturated heterocycles. The zero-order chi connectivity index (χ0) is 14.8. The first-order chi connectivity index (χ1) is 9.35. The van der Waals surface area contributed by atoms with Gasteiger partial charge in [-0.1, -0.05) is 0 Å². The lowest BCUT2D eigenvalue weighted by Gasteiger charge is -2.37. The first-order valence-corrected chi connectivity index (χ1v) is 6.95. The number of hydrogen-bond acceptors (Lipinski definition) is 4. The minimum absolute atomic E-state index is 0.0490. The highest BCUT2D eigenvalue weighted by molar-refractivity contribution is 5.94. The van der Waals surface area contributed by atoms with Crippen LogP contribution in [0.3, 0.4) is 0 Å². The number of β-amino-alcohol motifs (C(OH)–C–C–N with tert-alkyl or cyclic N) is 1. The number of amides is 1. The molecule has 0 aliphatic carbocycles. The number of aliphatic hydroxyl groups is 1. The molecule has 5 nitrogen and oxygen atoms in total. The predicted octanol–water partition coefficient (Wildman–Crippen LogP) is 0.797. The zero-order valence-electron chi connectivity index (χ0n) is 12.2. The van der Waals surface area contributed by atoms with E-state index >= 15 is 0 Å². The van der Waals surface area contributed by atoms with Gasteiger partial charge in [0.2, 0.25) is 0 Å². The normalized spacial score (nSPS) is 17.2. The third-order valence-electron chi connectivity index (χ3n) is 3.43. The maximum Gasteiger partial charge on any atom is 0.253 e. The Morgan fingerprint density at radius 2 is 1.75 bits per heavy atom. The van der Waals surface area contributed by atoms with Crippen LogP contribution in [0.15, 0.2) is 24.3 Å². The Morgan fingerprint density at radius 1 is 1.20 bits per heavy atom. The summed E-state index contributed by atoms with van der Waals surface area (Å²) in [5.74, 6) is 0.0490. The summed E-state index contributed by atoms with van der Waals surface area (Å²) >= 11 is 0. The molecule has 3 N–H and O–H groups in total. The van der Waals surface area contributed by atoms with Gasteiger partial charge in [-0.2, -0.15) is 0 Å². The predicted molar refractivity (Wildman–Crippen MR) is 79.5 cm³/mol. The van der Waals surface area contributed by atoms with Crippen molar-refractivity contribution >= 4 is 11.6 Å². The molecule has 1 aromatic rings. The molecule has 1 aliphatic heterocycles. The molecular weight excluding hydrogens is 254 g/mol. The lowest BCUT2D eigenvalue weighted by atomic mass is 10.1. The van der Waals surface area contributed by atoms with Crippen LogP contribution in [0, 0.1) is 0 Å². The molecule has 0 bridgehead atoms. The van der Waals surface area contributed by atoms with E-state index in [1.807, 2.05) is 4.90 Å². The Morgan fingerprint density at radius 3 is 2.25 bits per heavy atom. The summed E-state index contributed by atoms with van der Waals surface area (Å²) in [7, 11) is 0. The lowest BCUT2D eigenvalue weighted by molar-refractivity contribution is 0.0178. The summed E-state index contributed by atoms with van der Waals surface area (Å²) in [6, 6.07) is 7.03. The van der Waals surface area contributed by atoms with E-state index < -0.39 is 5.60 Å². The number of nitrogens with two attached hydrogens (primary N) is 1. The Bertz CT molecular complexity index is 457. The van der Waals surface area contributed by atoms with Crippen LogP contribution in [0.5, 0.6) is 0 Å². The number of piperazine rings is 1. The first kappa shape index (κ1) is 14.8. The molecule has 5 heteroatoms. The van der Waals surface area contributed by atoms with Crippen molar-refractivity contribution in [2.45, 2.75) is 19.4 Å². The van der Waals surface area contributed by atoms with Gasteiger partial charge in [-0.25, -0.2) is 0 Å². The molecule has 1 heterocycles. The molecule has 1 aliphatic rings. The Balaban J connectivity index is 1.90. The molecule has 0 atom stereocenters. The smallest absolute Gasteiger partial charge is 0.253 e. The van der Waals surface area contributed by atoms with Gasteiger partial charge in [0.1, 0.15) is 0 Å². The molecule has 2 rings (SSSR count). The number of carbonyl (C=O) groups excluding carboxylic acids is 1. The van der Waals surface area contributed by atoms with E-state index in [-0.39, 0.29) is 5.91 Å². The average molecular weight is 277 g/mol. The molecule has 0 unspecified atom stereocenters. The zero-order valence-corrected chi connectivity index (χ0v) is 12.2. The van der Waals surface area contributed by atoms with Crippen molar-refractivity contribution in [3.8, 4) is 0 Å². The fourth-order valence-electron chi connectivity index (χ4n) is 2.46. The highest BCUT2D eigenvalue weighted by Gasteiger charge is 2.25. The molecular formula is C15H23N3O2. The van der Waals surface area contributed by atoms with Crippen LogP contribution in [0.1, 0.15) is 24.2 Å². The van der Waals surface area contributed by atoms with E-state index in [0.717, 1.165) is 13.1 Å². The van der Waals surface area contributed by atoms with E-state index in [1.54, 1.807) is 38.1 Å². The maximum absolute atomic E-state index is 12.3. The molecule has 1 aromatic carbocycles. The van der Waals surface area contributed by atoms with Crippen LogP contribution in [-0.2, 0) is 0 Å². The minimum Gasteiger partial charge on any atom is -0.399 e. The lowest BCUT2D eigenvalue weighted by Crippen LogP contribution is -2.51. The highest BCUT2D eigenvalue weighted by atomic mass is 16.3. The molecule has 110 valence electrons. The van der Waals surface area contributed by atoms with E-state index in [1.165, 1.54) is 0 Å². The number of anilines is 1. The van der Waals surface area contributed by atoms with Gasteiger partial charge < -0.3 is 15.7 Å². The Hall–Kier alpha value is -1.59. The van der Waals surface area contributed by atoms with Gasteiger partial charge in [-0.15, -0.1) is 0 Å². The van der Waals surface area contributed by atoms with Crippen molar-refractivity contribution in [3.05, 3.63) is 29.8 Å². The summed E-state index contributed by atoms with van der Waals surface area (Å²) < 4.78 is 0. The molecule has 20 heavy (non-hydrogen) atoms. The summed E-state index contributed by atoms with van der Waals surface area (Å²) in [5.41, 5.74) is 6.28. The summed E-state index contributed by atoms with van der Waals surface area (Å²) in [4.78, 5) is 16.4. The largest absolute Gasteiger partial charge is 0.399 e. The van der Waals surface area contributed by atoms with Gasteiger partial charge in [-0.05, 0) is 38.1 Å². The van der Waals surface area contributed by atoms with Crippen LogP contribution >= 0.6 is 0 Å². The Kier molecular flexibility index (Phi) is 4.30. The molecule has 1 amide bonds. The fraction of sp³-hybridized carbons (Fsp3) is 0.533. The third kappa shape index (κ3) is 3.95. The van der Waals surface area contributed by atoms with Crippen LogP contribution in [0.4, 0.5) is 5.69 Å². The first-order valence-electron chi connectivity index (χ1n) is 6.95. The van der Waals surface area contributed by atoms with Crippen molar-refractivity contribution in [2.24, 2.45) is 0 Å². The number of hydrogen-bond donors (Lipinski definition) is 2. The molecule has 0 radical (unpaired) electrons. The molecule has 0 aromatic heterocycles. The van der Waals surface area contributed by atoms with Crippen molar-refractivity contribution in [3.63, 3.8) is 0 Å². The van der Waals surface area contributed by atoms with Gasteiger partial charge in [-0.3, -0.25) is 9.69 Å². The second kappa shape index (κ2) is 5.81. The van der Waals surface area contributed by atoms with Gasteiger partial charge in [0.15, 0.2) is 0 Å². The maximum atomic E-state index is 12.3. The van der Waals surface area contributed by atoms with Crippen LogP contribution in [-0.4, -0.2) is 59.1 Å². The van der Waals surface area contributed by atoms with Crippen LogP contribution < -0.4 is 5.73 Å². The Labute approximate surface area is 120 Å². The number of carbonyl (C=O) groups is 1. The number of benzene rings is 1. The van der Waals surface area contributed by atoms with Gasteiger partial charge in [0, 0.05) is 44.0 Å². The monoisotopic (exact) mass is 277 g/mol. The minimum atomic E-state index is -0.691. The van der Waals surface area contributed by atoms with Crippen molar-refractivity contribution in [1.29, 1.82) is 0 Å². The van der Waals surface area contributed by atoms with Crippen molar-refractivity contribution in [2.75, 3.05) is 38.5 Å². The van der Waals surface area contributed by atoms with Gasteiger partial charge >= 0.3 is 0 Å². The average Bonchev–Trinajstić information content (AvgIpc) is 2.38. The summed E-state index contributed by atoms with van der Waals surface area (Å²) in [6.07, 6.45) is 0. The van der Waals surface area contributed by atoms with E-state index in [4.69, 9.17) is 5.73 Å². The van der Waals surface area contributed by atoms with Gasteiger partial charge in [0.25, 0.3) is 5.91 Å². The van der Waals surface area contributed by atoms with Crippen molar-refractivity contribution < 1.29 is 9.90 Å². The number of rotatable bonds is 3. The molecule has 1 fully saturated rings. The molecule has 0 spiro atoms. The van der Waals surface area contributed by atoms with Crippen molar-refractivity contribution in [1.82, 2.24) is 9.80 Å². The quantitative estimate of drug-likeness (QED) is 0.802. The molecule has 0 saturated carbocycles. The van der Waals surface area contributed by atoms with Crippen LogP contribution in [0.25, 0.3) is 0 Å². The third-order valence-corrected chi connectivity index (χ3v) is 3.43. The van der Waals surface area contributed by atoms with E-state index in [0.29, 0.717) is 30.9 Å². The highest BCUT2D eigenvalue weighted by Crippen LogP contribution is 2.13. The number of nitrogen functional groups attached to an aromatic ring is 1. The summed E-state index contributed by atoms with van der Waals surface area (Å²) in [5, 5.41) is 9.81. The topological polar surface area (TPSA) is 69.8 Å². The van der Waals surface area contributed by atoms with E-state index in [2.05, 4.69) is 4.90 Å². The standard InChI is InChI=1S/C15H23N3O2/c1-15(2,20)11-17-7-9-18(10-8-17)14(19)12-3-5-13(16)6-4-12/h3-6,20H,7-11,16H2,1-2H3. The SMILES string of the molecule is CC(C)(O)CN1CCN(C(=O)c2ccc(N)cc2)CC1. The second-order valence-electron chi connectivity index (χ2n) is 6.00. The van der Waals surface area contributed by atoms with E-state index in [9.17, 15) is 9.90 Å². The van der Waals surface area contributed by atoms with Gasteiger partial charge in [0.05, 0.1) is 5.60 Å². The summed E-state index contributed by atoms with van der Waals surface area (Å²) in [6.45, 7) is 7.22. The van der Waals surface area contributed by atoms with Crippen LogP contribution in [0.2, 0.25) is 0 Å². The number of nitrogens with zero attached hydrogens (tertiary/aromatic N) is 2. The fourth-order valence-corrected chi connectivity index (χ4v) is 2.46.